The SMILES string of the molecule is Cc1ccc(OCCCn2ccnc2)c(CN)c1. The third kappa shape index (κ3) is 3.34. The quantitative estimate of drug-likeness (QED) is 0.793. The highest BCUT2D eigenvalue weighted by molar-refractivity contribution is 5.36. The van der Waals surface area contributed by atoms with Crippen LogP contribution in [0.4, 0.5) is 0 Å². The van der Waals surface area contributed by atoms with Gasteiger partial charge in [0.15, 0.2) is 0 Å². The summed E-state index contributed by atoms with van der Waals surface area (Å²) in [4.78, 5) is 4.00. The van der Waals surface area contributed by atoms with Crippen molar-refractivity contribution in [1.29, 1.82) is 0 Å². The van der Waals surface area contributed by atoms with E-state index in [-0.39, 0.29) is 0 Å². The highest BCUT2D eigenvalue weighted by atomic mass is 16.5. The molecule has 2 N–H and O–H groups in total. The highest BCUT2D eigenvalue weighted by Gasteiger charge is 2.02. The van der Waals surface area contributed by atoms with Crippen LogP contribution in [0.15, 0.2) is 36.9 Å². The molecule has 0 unspecified atom stereocenters. The number of nitrogens with two attached hydrogens (primary N) is 1. The second-order valence-corrected chi connectivity index (χ2v) is 4.32. The molecule has 1 aromatic heterocycles. The Bertz CT molecular complexity index is 480. The molecule has 0 bridgehead atoms. The summed E-state index contributed by atoms with van der Waals surface area (Å²) in [5, 5.41) is 0. The van der Waals surface area contributed by atoms with Crippen LogP contribution in [-0.2, 0) is 13.1 Å². The van der Waals surface area contributed by atoms with E-state index in [1.165, 1.54) is 5.56 Å². The topological polar surface area (TPSA) is 53.1 Å². The van der Waals surface area contributed by atoms with Gasteiger partial charge in [0.1, 0.15) is 5.75 Å². The Morgan fingerprint density at radius 3 is 3.00 bits per heavy atom. The molecule has 96 valence electrons. The van der Waals surface area contributed by atoms with Crippen molar-refractivity contribution in [2.75, 3.05) is 6.61 Å². The summed E-state index contributed by atoms with van der Waals surface area (Å²) in [5.41, 5.74) is 7.99. The molecule has 0 fully saturated rings. The molecule has 2 aromatic rings. The van der Waals surface area contributed by atoms with E-state index in [1.807, 2.05) is 29.2 Å². The Balaban J connectivity index is 1.83. The van der Waals surface area contributed by atoms with Crippen LogP contribution < -0.4 is 10.5 Å². The second-order valence-electron chi connectivity index (χ2n) is 4.32. The van der Waals surface area contributed by atoms with Crippen LogP contribution in [-0.4, -0.2) is 16.2 Å². The van der Waals surface area contributed by atoms with Crippen molar-refractivity contribution in [2.45, 2.75) is 26.4 Å². The molecule has 1 heterocycles. The summed E-state index contributed by atoms with van der Waals surface area (Å²) in [7, 11) is 0. The van der Waals surface area contributed by atoms with Crippen molar-refractivity contribution >= 4 is 0 Å². The van der Waals surface area contributed by atoms with Crippen LogP contribution in [0.3, 0.4) is 0 Å². The molecule has 0 aliphatic rings. The lowest BCUT2D eigenvalue weighted by atomic mass is 10.1. The summed E-state index contributed by atoms with van der Waals surface area (Å²) >= 11 is 0. The van der Waals surface area contributed by atoms with Gasteiger partial charge in [0.25, 0.3) is 0 Å². The number of rotatable bonds is 6. The van der Waals surface area contributed by atoms with Gasteiger partial charge in [-0.2, -0.15) is 0 Å². The van der Waals surface area contributed by atoms with Crippen LogP contribution in [0.1, 0.15) is 17.5 Å². The largest absolute Gasteiger partial charge is 0.493 e. The predicted octanol–water partition coefficient (Wildman–Crippen LogP) is 2.12. The molecule has 0 radical (unpaired) electrons. The molecule has 0 saturated heterocycles. The van der Waals surface area contributed by atoms with Gasteiger partial charge in [-0.15, -0.1) is 0 Å². The number of benzene rings is 1. The Labute approximate surface area is 107 Å². The van der Waals surface area contributed by atoms with Gasteiger partial charge in [0.2, 0.25) is 0 Å². The molecule has 0 spiro atoms. The molecule has 2 rings (SSSR count). The predicted molar refractivity (Wildman–Crippen MR) is 71.4 cm³/mol. The van der Waals surface area contributed by atoms with E-state index in [1.54, 1.807) is 6.20 Å². The van der Waals surface area contributed by atoms with Gasteiger partial charge in [0.05, 0.1) is 12.9 Å². The lowest BCUT2D eigenvalue weighted by Gasteiger charge is -2.11. The normalized spacial score (nSPS) is 10.6. The number of aryl methyl sites for hydroxylation is 2. The van der Waals surface area contributed by atoms with Gasteiger partial charge in [-0.3, -0.25) is 0 Å². The molecule has 0 atom stereocenters. The van der Waals surface area contributed by atoms with E-state index >= 15 is 0 Å². The monoisotopic (exact) mass is 245 g/mol. The third-order valence-electron chi connectivity index (χ3n) is 2.81. The van der Waals surface area contributed by atoms with E-state index < -0.39 is 0 Å². The minimum Gasteiger partial charge on any atom is -0.493 e. The van der Waals surface area contributed by atoms with Gasteiger partial charge in [0, 0.05) is 31.0 Å². The maximum absolute atomic E-state index is 5.77. The molecule has 0 aliphatic carbocycles. The van der Waals surface area contributed by atoms with Crippen molar-refractivity contribution in [3.05, 3.63) is 48.0 Å². The molecular formula is C14H19N3O. The van der Waals surface area contributed by atoms with Crippen molar-refractivity contribution in [3.8, 4) is 5.75 Å². The van der Waals surface area contributed by atoms with Crippen LogP contribution in [0.5, 0.6) is 5.75 Å². The number of aromatic nitrogens is 2. The first-order valence-electron chi connectivity index (χ1n) is 6.17. The maximum atomic E-state index is 5.77. The number of imidazole rings is 1. The lowest BCUT2D eigenvalue weighted by Crippen LogP contribution is -2.06. The Kier molecular flexibility index (Phi) is 4.36. The smallest absolute Gasteiger partial charge is 0.123 e. The Morgan fingerprint density at radius 1 is 1.39 bits per heavy atom. The second kappa shape index (κ2) is 6.21. The first-order chi connectivity index (χ1) is 8.79. The third-order valence-corrected chi connectivity index (χ3v) is 2.81. The lowest BCUT2D eigenvalue weighted by molar-refractivity contribution is 0.299. The molecule has 0 amide bonds. The average Bonchev–Trinajstić information content (AvgIpc) is 2.89. The molecule has 18 heavy (non-hydrogen) atoms. The molecular weight excluding hydrogens is 226 g/mol. The number of hydrogen-bond donors (Lipinski definition) is 1. The van der Waals surface area contributed by atoms with Gasteiger partial charge in [-0.05, 0) is 19.4 Å². The van der Waals surface area contributed by atoms with E-state index in [9.17, 15) is 0 Å². The summed E-state index contributed by atoms with van der Waals surface area (Å²) in [6.07, 6.45) is 6.51. The van der Waals surface area contributed by atoms with E-state index in [2.05, 4.69) is 18.0 Å². The van der Waals surface area contributed by atoms with E-state index in [0.29, 0.717) is 13.2 Å². The molecule has 0 aliphatic heterocycles. The minimum atomic E-state index is 0.512. The number of ether oxygens (including phenoxy) is 1. The van der Waals surface area contributed by atoms with Gasteiger partial charge in [-0.25, -0.2) is 4.98 Å². The van der Waals surface area contributed by atoms with Gasteiger partial charge < -0.3 is 15.0 Å². The van der Waals surface area contributed by atoms with Crippen molar-refractivity contribution < 1.29 is 4.74 Å². The molecule has 4 heteroatoms. The van der Waals surface area contributed by atoms with Crippen molar-refractivity contribution in [1.82, 2.24) is 9.55 Å². The van der Waals surface area contributed by atoms with Crippen molar-refractivity contribution in [3.63, 3.8) is 0 Å². The summed E-state index contributed by atoms with van der Waals surface area (Å²) in [6, 6.07) is 6.12. The zero-order valence-electron chi connectivity index (χ0n) is 10.7. The van der Waals surface area contributed by atoms with Crippen LogP contribution in [0.25, 0.3) is 0 Å². The number of nitrogens with zero attached hydrogens (tertiary/aromatic N) is 2. The summed E-state index contributed by atoms with van der Waals surface area (Å²) < 4.78 is 7.81. The Morgan fingerprint density at radius 2 is 2.28 bits per heavy atom. The molecule has 1 aromatic carbocycles. The zero-order chi connectivity index (χ0) is 12.8. The van der Waals surface area contributed by atoms with Gasteiger partial charge in [-0.1, -0.05) is 17.7 Å². The van der Waals surface area contributed by atoms with E-state index in [0.717, 1.165) is 24.3 Å². The summed E-state index contributed by atoms with van der Waals surface area (Å²) in [5.74, 6) is 0.897. The first kappa shape index (κ1) is 12.6. The molecule has 0 saturated carbocycles. The Hall–Kier alpha value is -1.81. The van der Waals surface area contributed by atoms with E-state index in [4.69, 9.17) is 10.5 Å². The van der Waals surface area contributed by atoms with Crippen LogP contribution >= 0.6 is 0 Å². The number of hydrogen-bond acceptors (Lipinski definition) is 3. The summed E-state index contributed by atoms with van der Waals surface area (Å²) in [6.45, 7) is 4.18. The fraction of sp³-hybridized carbons (Fsp3) is 0.357. The first-order valence-corrected chi connectivity index (χ1v) is 6.17. The van der Waals surface area contributed by atoms with Crippen LogP contribution in [0.2, 0.25) is 0 Å². The standard InChI is InChI=1S/C14H19N3O/c1-12-3-4-14(13(9-12)10-15)18-8-2-6-17-7-5-16-11-17/h3-5,7,9,11H,2,6,8,10,15H2,1H3. The average molecular weight is 245 g/mol. The minimum absolute atomic E-state index is 0.512. The fourth-order valence-corrected chi connectivity index (χ4v) is 1.86. The highest BCUT2D eigenvalue weighted by Crippen LogP contribution is 2.19. The van der Waals surface area contributed by atoms with Crippen LogP contribution in [0, 0.1) is 6.92 Å². The fourth-order valence-electron chi connectivity index (χ4n) is 1.86. The maximum Gasteiger partial charge on any atom is 0.123 e. The molecule has 4 nitrogen and oxygen atoms in total. The van der Waals surface area contributed by atoms with Crippen molar-refractivity contribution in [2.24, 2.45) is 5.73 Å². The van der Waals surface area contributed by atoms with Gasteiger partial charge >= 0.3 is 0 Å². The zero-order valence-corrected chi connectivity index (χ0v) is 10.7.